The molecule has 2 atom stereocenters. The zero-order valence-corrected chi connectivity index (χ0v) is 10.8. The number of benzene rings is 1. The Hall–Kier alpha value is -1.66. The van der Waals surface area contributed by atoms with E-state index in [0.717, 1.165) is 6.07 Å². The number of halogens is 2. The van der Waals surface area contributed by atoms with Gasteiger partial charge in [-0.1, -0.05) is 11.6 Å². The first-order valence-corrected chi connectivity index (χ1v) is 5.99. The van der Waals surface area contributed by atoms with Crippen LogP contribution in [0.25, 0.3) is 0 Å². The average molecular weight is 287 g/mol. The molecule has 7 heteroatoms. The van der Waals surface area contributed by atoms with E-state index in [-0.39, 0.29) is 11.4 Å². The van der Waals surface area contributed by atoms with Crippen LogP contribution < -0.4 is 10.2 Å². The Balaban J connectivity index is 2.15. The molecule has 0 spiro atoms. The standard InChI is InChI=1S/C12H12ClFN2O3/c1-16(6-2-3-8(14)7(13)4-6)12(19)9-5-10(17)11(18)15-9/h2-4,9-10,17H,5H2,1H3,(H,15,18). The smallest absolute Gasteiger partial charge is 0.249 e. The molecule has 102 valence electrons. The molecule has 1 aliphatic heterocycles. The van der Waals surface area contributed by atoms with Crippen LogP contribution in [0, 0.1) is 5.82 Å². The van der Waals surface area contributed by atoms with Gasteiger partial charge in [0.05, 0.1) is 5.02 Å². The number of nitrogens with one attached hydrogen (secondary N) is 1. The molecule has 1 aromatic carbocycles. The molecule has 0 aliphatic carbocycles. The van der Waals surface area contributed by atoms with Gasteiger partial charge in [0.25, 0.3) is 0 Å². The van der Waals surface area contributed by atoms with Crippen molar-refractivity contribution < 1.29 is 19.1 Å². The van der Waals surface area contributed by atoms with Crippen LogP contribution in [0.1, 0.15) is 6.42 Å². The number of aliphatic hydroxyl groups is 1. The van der Waals surface area contributed by atoms with Crippen LogP contribution in [-0.2, 0) is 9.59 Å². The minimum atomic E-state index is -1.17. The minimum Gasteiger partial charge on any atom is -0.383 e. The maximum atomic E-state index is 13.0. The molecular formula is C12H12ClFN2O3. The first kappa shape index (κ1) is 13.8. The van der Waals surface area contributed by atoms with Crippen molar-refractivity contribution >= 4 is 29.1 Å². The fourth-order valence-corrected chi connectivity index (χ4v) is 2.05. The molecule has 2 amide bonds. The number of hydrogen-bond acceptors (Lipinski definition) is 3. The Bertz CT molecular complexity index is 538. The van der Waals surface area contributed by atoms with Crippen LogP contribution in [-0.4, -0.2) is 36.1 Å². The summed E-state index contributed by atoms with van der Waals surface area (Å²) in [6.07, 6.45) is -1.14. The van der Waals surface area contributed by atoms with Gasteiger partial charge in [0.2, 0.25) is 11.8 Å². The van der Waals surface area contributed by atoms with E-state index in [9.17, 15) is 19.1 Å². The number of anilines is 1. The second kappa shape index (κ2) is 5.14. The summed E-state index contributed by atoms with van der Waals surface area (Å²) in [5, 5.41) is 11.6. The maximum Gasteiger partial charge on any atom is 0.249 e. The summed E-state index contributed by atoms with van der Waals surface area (Å²) in [4.78, 5) is 24.5. The lowest BCUT2D eigenvalue weighted by Gasteiger charge is -2.21. The SMILES string of the molecule is CN(C(=O)C1CC(O)C(=O)N1)c1ccc(F)c(Cl)c1. The Morgan fingerprint density at radius 1 is 1.58 bits per heavy atom. The van der Waals surface area contributed by atoms with Gasteiger partial charge < -0.3 is 15.3 Å². The topological polar surface area (TPSA) is 69.6 Å². The second-order valence-corrected chi connectivity index (χ2v) is 4.72. The number of amides is 2. The largest absolute Gasteiger partial charge is 0.383 e. The number of likely N-dealkylation sites (N-methyl/N-ethyl adjacent to an activating group) is 1. The van der Waals surface area contributed by atoms with E-state index in [2.05, 4.69) is 5.32 Å². The van der Waals surface area contributed by atoms with Crippen molar-refractivity contribution in [1.29, 1.82) is 0 Å². The second-order valence-electron chi connectivity index (χ2n) is 4.31. The highest BCUT2D eigenvalue weighted by Crippen LogP contribution is 2.23. The minimum absolute atomic E-state index is 0.0247. The van der Waals surface area contributed by atoms with Gasteiger partial charge in [-0.05, 0) is 18.2 Å². The normalized spacial score (nSPS) is 22.2. The first-order valence-electron chi connectivity index (χ1n) is 5.61. The van der Waals surface area contributed by atoms with E-state index in [1.54, 1.807) is 0 Å². The number of carbonyl (C=O) groups is 2. The van der Waals surface area contributed by atoms with Crippen LogP contribution in [0.5, 0.6) is 0 Å². The van der Waals surface area contributed by atoms with Gasteiger partial charge in [0, 0.05) is 19.2 Å². The lowest BCUT2D eigenvalue weighted by Crippen LogP contribution is -2.42. The highest BCUT2D eigenvalue weighted by Gasteiger charge is 2.36. The van der Waals surface area contributed by atoms with Crippen molar-refractivity contribution in [3.63, 3.8) is 0 Å². The van der Waals surface area contributed by atoms with Gasteiger partial charge in [-0.3, -0.25) is 9.59 Å². The number of rotatable bonds is 2. The molecular weight excluding hydrogens is 275 g/mol. The predicted octanol–water partition coefficient (Wildman–Crippen LogP) is 0.691. The van der Waals surface area contributed by atoms with Crippen LogP contribution >= 0.6 is 11.6 Å². The Kier molecular flexibility index (Phi) is 3.73. The predicted molar refractivity (Wildman–Crippen MR) is 67.4 cm³/mol. The maximum absolute atomic E-state index is 13.0. The molecule has 0 bridgehead atoms. The number of nitrogens with zero attached hydrogens (tertiary/aromatic N) is 1. The van der Waals surface area contributed by atoms with Crippen LogP contribution in [0.15, 0.2) is 18.2 Å². The third-order valence-corrected chi connectivity index (χ3v) is 3.29. The molecule has 1 saturated heterocycles. The van der Waals surface area contributed by atoms with Crippen molar-refractivity contribution in [3.05, 3.63) is 29.0 Å². The summed E-state index contributed by atoms with van der Waals surface area (Å²) in [6, 6.07) is 3.11. The van der Waals surface area contributed by atoms with E-state index in [1.807, 2.05) is 0 Å². The van der Waals surface area contributed by atoms with Crippen LogP contribution in [0.2, 0.25) is 5.02 Å². The molecule has 19 heavy (non-hydrogen) atoms. The van der Waals surface area contributed by atoms with Gasteiger partial charge in [-0.15, -0.1) is 0 Å². The van der Waals surface area contributed by atoms with Gasteiger partial charge in [-0.2, -0.15) is 0 Å². The fourth-order valence-electron chi connectivity index (χ4n) is 1.87. The van der Waals surface area contributed by atoms with Crippen LogP contribution in [0.3, 0.4) is 0 Å². The van der Waals surface area contributed by atoms with Gasteiger partial charge in [-0.25, -0.2) is 4.39 Å². The third-order valence-electron chi connectivity index (χ3n) is 3.00. The van der Waals surface area contributed by atoms with Crippen molar-refractivity contribution in [3.8, 4) is 0 Å². The Morgan fingerprint density at radius 2 is 2.26 bits per heavy atom. The lowest BCUT2D eigenvalue weighted by molar-refractivity contribution is -0.127. The molecule has 5 nitrogen and oxygen atoms in total. The van der Waals surface area contributed by atoms with Crippen molar-refractivity contribution in [2.45, 2.75) is 18.6 Å². The summed E-state index contributed by atoms with van der Waals surface area (Å²) in [5.41, 5.74) is 0.409. The van der Waals surface area contributed by atoms with Gasteiger partial charge in [0.1, 0.15) is 18.0 Å². The summed E-state index contributed by atoms with van der Waals surface area (Å²) in [7, 11) is 1.49. The summed E-state index contributed by atoms with van der Waals surface area (Å²) in [6.45, 7) is 0. The zero-order chi connectivity index (χ0) is 14.2. The zero-order valence-electron chi connectivity index (χ0n) is 10.1. The molecule has 2 rings (SSSR count). The van der Waals surface area contributed by atoms with E-state index < -0.39 is 29.8 Å². The average Bonchev–Trinajstić information content (AvgIpc) is 2.71. The van der Waals surface area contributed by atoms with Gasteiger partial charge >= 0.3 is 0 Å². The quantitative estimate of drug-likeness (QED) is 0.840. The molecule has 0 saturated carbocycles. The van der Waals surface area contributed by atoms with E-state index >= 15 is 0 Å². The molecule has 0 aromatic heterocycles. The number of carbonyl (C=O) groups excluding carboxylic acids is 2. The number of aliphatic hydroxyl groups excluding tert-OH is 1. The Morgan fingerprint density at radius 3 is 2.79 bits per heavy atom. The summed E-state index contributed by atoms with van der Waals surface area (Å²) < 4.78 is 13.0. The summed E-state index contributed by atoms with van der Waals surface area (Å²) >= 11 is 5.65. The summed E-state index contributed by atoms with van der Waals surface area (Å²) in [5.74, 6) is -1.53. The van der Waals surface area contributed by atoms with Crippen molar-refractivity contribution in [1.82, 2.24) is 5.32 Å². The monoisotopic (exact) mass is 286 g/mol. The third kappa shape index (κ3) is 2.69. The molecule has 2 unspecified atom stereocenters. The van der Waals surface area contributed by atoms with E-state index in [4.69, 9.17) is 11.6 Å². The van der Waals surface area contributed by atoms with Crippen molar-refractivity contribution in [2.24, 2.45) is 0 Å². The molecule has 1 aromatic rings. The fraction of sp³-hybridized carbons (Fsp3) is 0.333. The highest BCUT2D eigenvalue weighted by atomic mass is 35.5. The van der Waals surface area contributed by atoms with E-state index in [0.29, 0.717) is 5.69 Å². The molecule has 1 aliphatic rings. The van der Waals surface area contributed by atoms with Crippen molar-refractivity contribution in [2.75, 3.05) is 11.9 Å². The van der Waals surface area contributed by atoms with Crippen LogP contribution in [0.4, 0.5) is 10.1 Å². The lowest BCUT2D eigenvalue weighted by atomic mass is 10.1. The molecule has 2 N–H and O–H groups in total. The molecule has 1 heterocycles. The molecule has 1 fully saturated rings. The molecule has 0 radical (unpaired) electrons. The Labute approximate surface area is 114 Å². The van der Waals surface area contributed by atoms with Gasteiger partial charge in [0.15, 0.2) is 0 Å². The van der Waals surface area contributed by atoms with E-state index in [1.165, 1.54) is 24.1 Å². The first-order chi connectivity index (χ1) is 8.90. The highest BCUT2D eigenvalue weighted by molar-refractivity contribution is 6.31. The number of hydrogen-bond donors (Lipinski definition) is 2.